The number of aryl methyl sites for hydroxylation is 1. The molecule has 0 fully saturated rings. The number of carbonyl (C=O) groups is 1. The number of thiazole rings is 1. The van der Waals surface area contributed by atoms with Crippen molar-refractivity contribution in [1.29, 1.82) is 0 Å². The zero-order chi connectivity index (χ0) is 28.2. The van der Waals surface area contributed by atoms with Crippen LogP contribution < -0.4 is 15.4 Å². The fourth-order valence-electron chi connectivity index (χ4n) is 3.92. The third kappa shape index (κ3) is 5.79. The fourth-order valence-corrected chi connectivity index (χ4v) is 4.91. The minimum Gasteiger partial charge on any atom is -0.494 e. The zero-order valence-electron chi connectivity index (χ0n) is 21.3. The van der Waals surface area contributed by atoms with Crippen LogP contribution in [0.2, 0.25) is 0 Å². The molecule has 5 rings (SSSR count). The number of rotatable bonds is 8. The molecule has 0 unspecified atom stereocenters. The van der Waals surface area contributed by atoms with Crippen molar-refractivity contribution >= 4 is 34.6 Å². The quantitative estimate of drug-likeness (QED) is 0.207. The number of benzene rings is 3. The summed E-state index contributed by atoms with van der Waals surface area (Å²) in [6, 6.07) is 15.8. The van der Waals surface area contributed by atoms with Crippen LogP contribution in [0, 0.1) is 17.5 Å². The molecule has 0 saturated heterocycles. The first-order valence-electron chi connectivity index (χ1n) is 12.1. The van der Waals surface area contributed by atoms with Crippen molar-refractivity contribution in [2.24, 2.45) is 0 Å². The summed E-state index contributed by atoms with van der Waals surface area (Å²) in [6.07, 6.45) is 2.28. The summed E-state index contributed by atoms with van der Waals surface area (Å²) in [5, 5.41) is 6.49. The van der Waals surface area contributed by atoms with E-state index in [1.165, 1.54) is 30.6 Å². The summed E-state index contributed by atoms with van der Waals surface area (Å²) in [6.45, 7) is 1.99. The van der Waals surface area contributed by atoms with Gasteiger partial charge in [0.05, 0.1) is 33.9 Å². The minimum absolute atomic E-state index is 0.126. The highest BCUT2D eigenvalue weighted by Gasteiger charge is 2.18. The summed E-state index contributed by atoms with van der Waals surface area (Å²) < 4.78 is 46.8. The Labute approximate surface area is 231 Å². The van der Waals surface area contributed by atoms with Crippen molar-refractivity contribution in [3.63, 3.8) is 0 Å². The number of ether oxygens (including phenoxy) is 1. The number of hydrogen-bond donors (Lipinski definition) is 2. The third-order valence-corrected chi connectivity index (χ3v) is 7.06. The highest BCUT2D eigenvalue weighted by Crippen LogP contribution is 2.37. The number of amides is 1. The molecule has 40 heavy (non-hydrogen) atoms. The lowest BCUT2D eigenvalue weighted by molar-refractivity contribution is 0.102. The van der Waals surface area contributed by atoms with Gasteiger partial charge in [0, 0.05) is 29.2 Å². The van der Waals surface area contributed by atoms with Gasteiger partial charge in [0.1, 0.15) is 11.6 Å². The monoisotopic (exact) mass is 561 g/mol. The lowest BCUT2D eigenvalue weighted by Crippen LogP contribution is -2.14. The van der Waals surface area contributed by atoms with Crippen molar-refractivity contribution in [2.75, 3.05) is 17.7 Å². The van der Waals surface area contributed by atoms with E-state index in [1.807, 2.05) is 13.0 Å². The molecule has 1 amide bonds. The van der Waals surface area contributed by atoms with E-state index in [1.54, 1.807) is 36.5 Å². The van der Waals surface area contributed by atoms with Crippen LogP contribution in [0.15, 0.2) is 72.9 Å². The summed E-state index contributed by atoms with van der Waals surface area (Å²) >= 11 is 1.47. The predicted molar refractivity (Wildman–Crippen MR) is 148 cm³/mol. The van der Waals surface area contributed by atoms with Gasteiger partial charge in [0.15, 0.2) is 11.6 Å². The maximum Gasteiger partial charge on any atom is 0.258 e. The maximum atomic E-state index is 14.2. The summed E-state index contributed by atoms with van der Waals surface area (Å²) in [5.41, 5.74) is 2.35. The summed E-state index contributed by atoms with van der Waals surface area (Å²) in [5.74, 6) is -2.44. The van der Waals surface area contributed by atoms with Gasteiger partial charge < -0.3 is 15.4 Å². The van der Waals surface area contributed by atoms with Gasteiger partial charge in [-0.05, 0) is 55.0 Å². The van der Waals surface area contributed by atoms with Gasteiger partial charge in [-0.1, -0.05) is 19.1 Å². The fraction of sp³-hybridized carbons (Fsp3) is 0.103. The topological polar surface area (TPSA) is 89.0 Å². The maximum absolute atomic E-state index is 14.2. The van der Waals surface area contributed by atoms with Gasteiger partial charge in [0.2, 0.25) is 5.95 Å². The van der Waals surface area contributed by atoms with Crippen LogP contribution in [0.3, 0.4) is 0 Å². The Hall–Kier alpha value is -4.77. The molecule has 0 bridgehead atoms. The van der Waals surface area contributed by atoms with Crippen molar-refractivity contribution < 1.29 is 22.7 Å². The second kappa shape index (κ2) is 11.5. The number of nitrogens with one attached hydrogen (secondary N) is 2. The average Bonchev–Trinajstić information content (AvgIpc) is 3.40. The van der Waals surface area contributed by atoms with Crippen molar-refractivity contribution in [3.05, 3.63) is 101 Å². The minimum atomic E-state index is -0.824. The van der Waals surface area contributed by atoms with Crippen LogP contribution >= 0.6 is 11.3 Å². The Bertz CT molecular complexity index is 1710. The molecule has 0 aliphatic rings. The molecule has 11 heteroatoms. The summed E-state index contributed by atoms with van der Waals surface area (Å²) in [4.78, 5) is 27.0. The zero-order valence-corrected chi connectivity index (χ0v) is 22.2. The van der Waals surface area contributed by atoms with Crippen LogP contribution in [0.1, 0.15) is 22.3 Å². The molecule has 0 spiro atoms. The van der Waals surface area contributed by atoms with Crippen LogP contribution in [-0.4, -0.2) is 28.0 Å². The number of hydrogen-bond acceptors (Lipinski definition) is 7. The van der Waals surface area contributed by atoms with Gasteiger partial charge in [-0.3, -0.25) is 4.79 Å². The second-order valence-corrected chi connectivity index (χ2v) is 9.62. The Kier molecular flexibility index (Phi) is 7.74. The van der Waals surface area contributed by atoms with Gasteiger partial charge in [-0.25, -0.2) is 28.1 Å². The molecule has 0 radical (unpaired) electrons. The molecule has 7 nitrogen and oxygen atoms in total. The van der Waals surface area contributed by atoms with E-state index in [0.29, 0.717) is 34.7 Å². The highest BCUT2D eigenvalue weighted by molar-refractivity contribution is 7.15. The van der Waals surface area contributed by atoms with E-state index < -0.39 is 28.9 Å². The van der Waals surface area contributed by atoms with Gasteiger partial charge >= 0.3 is 0 Å². The molecule has 2 aromatic heterocycles. The van der Waals surface area contributed by atoms with Gasteiger partial charge in [0.25, 0.3) is 5.91 Å². The number of carbonyl (C=O) groups excluding carboxylic acids is 1. The lowest BCUT2D eigenvalue weighted by atomic mass is 10.1. The Balaban J connectivity index is 1.45. The van der Waals surface area contributed by atoms with Crippen molar-refractivity contribution in [3.8, 4) is 27.6 Å². The second-order valence-electron chi connectivity index (χ2n) is 8.54. The average molecular weight is 562 g/mol. The largest absolute Gasteiger partial charge is 0.494 e. The molecule has 2 heterocycles. The van der Waals surface area contributed by atoms with Crippen molar-refractivity contribution in [1.82, 2.24) is 15.0 Å². The molecule has 0 aliphatic carbocycles. The normalized spacial score (nSPS) is 10.8. The Morgan fingerprint density at radius 3 is 2.58 bits per heavy atom. The molecule has 0 aliphatic heterocycles. The highest BCUT2D eigenvalue weighted by atomic mass is 32.1. The first kappa shape index (κ1) is 26.8. The van der Waals surface area contributed by atoms with E-state index in [2.05, 4.69) is 20.6 Å². The van der Waals surface area contributed by atoms with E-state index in [9.17, 15) is 18.0 Å². The molecular formula is C29H22F3N5O2S. The smallest absolute Gasteiger partial charge is 0.258 e. The molecule has 3 aromatic carbocycles. The summed E-state index contributed by atoms with van der Waals surface area (Å²) in [7, 11) is 1.39. The van der Waals surface area contributed by atoms with E-state index in [0.717, 1.165) is 28.1 Å². The third-order valence-electron chi connectivity index (χ3n) is 5.84. The van der Waals surface area contributed by atoms with Crippen LogP contribution in [0.4, 0.5) is 30.5 Å². The standard InChI is InChI=1S/C29H22F3N5O2S/c1-3-25-37-26(16-5-4-6-18(13-16)34-28(38)20-14-17(30)7-9-21(20)31)27(40-25)23-11-12-33-29(36-23)35-19-8-10-24(39-2)22(32)15-19/h4-15H,3H2,1-2H3,(H,34,38)(H,33,35,36). The van der Waals surface area contributed by atoms with Crippen LogP contribution in [0.25, 0.3) is 21.8 Å². The number of anilines is 3. The molecule has 2 N–H and O–H groups in total. The Morgan fingerprint density at radius 1 is 0.950 bits per heavy atom. The lowest BCUT2D eigenvalue weighted by Gasteiger charge is -2.10. The Morgan fingerprint density at radius 2 is 1.80 bits per heavy atom. The molecule has 0 saturated carbocycles. The van der Waals surface area contributed by atoms with E-state index in [4.69, 9.17) is 9.72 Å². The first-order valence-corrected chi connectivity index (χ1v) is 13.0. The molecule has 202 valence electrons. The van der Waals surface area contributed by atoms with Gasteiger partial charge in [-0.15, -0.1) is 11.3 Å². The molecule has 5 aromatic rings. The van der Waals surface area contributed by atoms with Crippen molar-refractivity contribution in [2.45, 2.75) is 13.3 Å². The first-order chi connectivity index (χ1) is 19.3. The predicted octanol–water partition coefficient (Wildman–Crippen LogP) is 7.25. The number of halogens is 3. The van der Waals surface area contributed by atoms with E-state index in [-0.39, 0.29) is 11.7 Å². The number of aromatic nitrogens is 3. The SMILES string of the molecule is CCc1nc(-c2cccc(NC(=O)c3cc(F)ccc3F)c2)c(-c2ccnc(Nc3ccc(OC)c(F)c3)n2)s1. The van der Waals surface area contributed by atoms with Crippen LogP contribution in [0.5, 0.6) is 5.75 Å². The molecular weight excluding hydrogens is 539 g/mol. The number of nitrogens with zero attached hydrogens (tertiary/aromatic N) is 3. The van der Waals surface area contributed by atoms with Crippen LogP contribution in [-0.2, 0) is 6.42 Å². The molecule has 0 atom stereocenters. The number of methoxy groups -OCH3 is 1. The van der Waals surface area contributed by atoms with Gasteiger partial charge in [-0.2, -0.15) is 0 Å². The van der Waals surface area contributed by atoms with E-state index >= 15 is 0 Å².